The number of aryl methyl sites for hydroxylation is 2. The molecule has 166 valence electrons. The SMILES string of the molecule is COc1ccc(C=NNC(=O)c2ccc(O)cc2O)cc1COc1cc(C)c(Cl)c(C)c1. The first-order valence-corrected chi connectivity index (χ1v) is 10.1. The van der Waals surface area contributed by atoms with Gasteiger partial charge in [0.05, 0.1) is 18.9 Å². The standard InChI is InChI=1S/C24H23ClN2O5/c1-14-8-19(9-15(2)23(14)25)32-13-17-10-16(4-7-22(17)31-3)12-26-27-24(30)20-6-5-18(28)11-21(20)29/h4-12,28-29H,13H2,1-3H3,(H,27,30). The molecule has 0 aromatic heterocycles. The summed E-state index contributed by atoms with van der Waals surface area (Å²) in [5.41, 5.74) is 5.72. The lowest BCUT2D eigenvalue weighted by Gasteiger charge is -2.13. The average Bonchev–Trinajstić information content (AvgIpc) is 2.76. The second-order valence-electron chi connectivity index (χ2n) is 7.13. The molecule has 3 aromatic carbocycles. The number of hydrazone groups is 1. The molecule has 0 aliphatic rings. The maximum Gasteiger partial charge on any atom is 0.275 e. The molecule has 1 amide bonds. The van der Waals surface area contributed by atoms with E-state index in [1.165, 1.54) is 18.3 Å². The maximum absolute atomic E-state index is 12.2. The monoisotopic (exact) mass is 454 g/mol. The fraction of sp³-hybridized carbons (Fsp3) is 0.167. The van der Waals surface area contributed by atoms with Gasteiger partial charge >= 0.3 is 0 Å². The minimum absolute atomic E-state index is 0.00248. The lowest BCUT2D eigenvalue weighted by Crippen LogP contribution is -2.17. The van der Waals surface area contributed by atoms with Crippen molar-refractivity contribution < 1.29 is 24.5 Å². The van der Waals surface area contributed by atoms with Gasteiger partial charge in [0.2, 0.25) is 0 Å². The lowest BCUT2D eigenvalue weighted by atomic mass is 10.1. The van der Waals surface area contributed by atoms with Crippen LogP contribution in [0.5, 0.6) is 23.0 Å². The number of rotatable bonds is 7. The number of nitrogens with one attached hydrogen (secondary N) is 1. The van der Waals surface area contributed by atoms with E-state index >= 15 is 0 Å². The minimum Gasteiger partial charge on any atom is -0.508 e. The fourth-order valence-corrected chi connectivity index (χ4v) is 3.19. The van der Waals surface area contributed by atoms with Gasteiger partial charge in [0.25, 0.3) is 5.91 Å². The predicted molar refractivity (Wildman–Crippen MR) is 123 cm³/mol. The molecule has 0 aliphatic carbocycles. The molecule has 0 spiro atoms. The first-order valence-electron chi connectivity index (χ1n) is 9.70. The molecule has 3 rings (SSSR count). The normalized spacial score (nSPS) is 10.9. The van der Waals surface area contributed by atoms with E-state index in [1.54, 1.807) is 19.2 Å². The van der Waals surface area contributed by atoms with E-state index < -0.39 is 5.91 Å². The van der Waals surface area contributed by atoms with Crippen molar-refractivity contribution in [1.29, 1.82) is 0 Å². The number of amides is 1. The van der Waals surface area contributed by atoms with Crippen LogP contribution in [0, 0.1) is 13.8 Å². The number of benzene rings is 3. The first-order chi connectivity index (χ1) is 15.3. The Kier molecular flexibility index (Phi) is 7.22. The Morgan fingerprint density at radius 3 is 2.47 bits per heavy atom. The van der Waals surface area contributed by atoms with Crippen LogP contribution in [0.1, 0.15) is 32.6 Å². The first kappa shape index (κ1) is 23.0. The van der Waals surface area contributed by atoms with Crippen LogP contribution in [0.2, 0.25) is 5.02 Å². The molecule has 0 saturated heterocycles. The number of hydrogen-bond acceptors (Lipinski definition) is 6. The van der Waals surface area contributed by atoms with Gasteiger partial charge < -0.3 is 19.7 Å². The summed E-state index contributed by atoms with van der Waals surface area (Å²) in [5, 5.41) is 23.7. The zero-order valence-corrected chi connectivity index (χ0v) is 18.6. The van der Waals surface area contributed by atoms with E-state index in [2.05, 4.69) is 10.5 Å². The number of carbonyl (C=O) groups excluding carboxylic acids is 1. The van der Waals surface area contributed by atoms with E-state index in [9.17, 15) is 15.0 Å². The highest BCUT2D eigenvalue weighted by atomic mass is 35.5. The highest BCUT2D eigenvalue weighted by Crippen LogP contribution is 2.28. The van der Waals surface area contributed by atoms with Crippen LogP contribution >= 0.6 is 11.6 Å². The molecule has 0 saturated carbocycles. The lowest BCUT2D eigenvalue weighted by molar-refractivity contribution is 0.0952. The Balaban J connectivity index is 1.70. The summed E-state index contributed by atoms with van der Waals surface area (Å²) in [7, 11) is 1.58. The predicted octanol–water partition coefficient (Wildman–Crippen LogP) is 4.72. The van der Waals surface area contributed by atoms with E-state index in [0.29, 0.717) is 17.1 Å². The molecule has 7 nitrogen and oxygen atoms in total. The molecule has 0 unspecified atom stereocenters. The van der Waals surface area contributed by atoms with Crippen LogP contribution in [0.4, 0.5) is 0 Å². The number of nitrogens with zero attached hydrogens (tertiary/aromatic N) is 1. The van der Waals surface area contributed by atoms with Gasteiger partial charge in [-0.1, -0.05) is 11.6 Å². The van der Waals surface area contributed by atoms with E-state index in [4.69, 9.17) is 21.1 Å². The minimum atomic E-state index is -0.607. The van der Waals surface area contributed by atoms with Gasteiger partial charge in [0, 0.05) is 16.7 Å². The summed E-state index contributed by atoms with van der Waals surface area (Å²) in [5.74, 6) is 0.270. The number of methoxy groups -OCH3 is 1. The molecular formula is C24H23ClN2O5. The zero-order valence-electron chi connectivity index (χ0n) is 17.8. The van der Waals surface area contributed by atoms with E-state index in [1.807, 2.05) is 32.0 Å². The number of hydrogen-bond donors (Lipinski definition) is 3. The third-order valence-corrected chi connectivity index (χ3v) is 5.31. The van der Waals surface area contributed by atoms with Gasteiger partial charge in [-0.15, -0.1) is 0 Å². The van der Waals surface area contributed by atoms with Crippen LogP contribution < -0.4 is 14.9 Å². The molecule has 3 N–H and O–H groups in total. The molecule has 0 heterocycles. The summed E-state index contributed by atoms with van der Waals surface area (Å²) < 4.78 is 11.3. The molecule has 0 bridgehead atoms. The van der Waals surface area contributed by atoms with Crippen molar-refractivity contribution in [1.82, 2.24) is 5.43 Å². The number of halogens is 1. The van der Waals surface area contributed by atoms with Crippen molar-refractivity contribution in [3.63, 3.8) is 0 Å². The Bertz CT molecular complexity index is 1150. The van der Waals surface area contributed by atoms with E-state index in [0.717, 1.165) is 27.8 Å². The van der Waals surface area contributed by atoms with Crippen LogP contribution in [0.3, 0.4) is 0 Å². The van der Waals surface area contributed by atoms with Gasteiger partial charge in [-0.2, -0.15) is 5.10 Å². The fourth-order valence-electron chi connectivity index (χ4n) is 3.08. The molecular weight excluding hydrogens is 432 g/mol. The molecule has 0 radical (unpaired) electrons. The topological polar surface area (TPSA) is 100 Å². The number of ether oxygens (including phenoxy) is 2. The van der Waals surface area contributed by atoms with E-state index in [-0.39, 0.29) is 23.7 Å². The molecule has 3 aromatic rings. The highest BCUT2D eigenvalue weighted by Gasteiger charge is 2.11. The van der Waals surface area contributed by atoms with Gasteiger partial charge in [0.1, 0.15) is 29.6 Å². The molecule has 0 fully saturated rings. The second kappa shape index (κ2) is 10.1. The van der Waals surface area contributed by atoms with Crippen LogP contribution in [0.15, 0.2) is 53.6 Å². The Morgan fingerprint density at radius 1 is 1.09 bits per heavy atom. The second-order valence-corrected chi connectivity index (χ2v) is 7.51. The third kappa shape index (κ3) is 5.50. The summed E-state index contributed by atoms with van der Waals surface area (Å²) >= 11 is 6.22. The number of phenolic OH excluding ortho intramolecular Hbond substituents is 2. The van der Waals surface area contributed by atoms with Crippen molar-refractivity contribution >= 4 is 23.7 Å². The summed E-state index contributed by atoms with van der Waals surface area (Å²) in [4.78, 5) is 12.2. The van der Waals surface area contributed by atoms with Crippen molar-refractivity contribution in [3.8, 4) is 23.0 Å². The van der Waals surface area contributed by atoms with Gasteiger partial charge in [-0.3, -0.25) is 4.79 Å². The summed E-state index contributed by atoms with van der Waals surface area (Å²) in [6.45, 7) is 4.11. The Labute approximate surface area is 190 Å². The smallest absolute Gasteiger partial charge is 0.275 e. The molecule has 0 atom stereocenters. The zero-order chi connectivity index (χ0) is 23.3. The van der Waals surface area contributed by atoms with Gasteiger partial charge in [0.15, 0.2) is 0 Å². The molecule has 32 heavy (non-hydrogen) atoms. The third-order valence-electron chi connectivity index (χ3n) is 4.71. The van der Waals surface area contributed by atoms with Crippen LogP contribution in [-0.2, 0) is 6.61 Å². The van der Waals surface area contributed by atoms with Crippen molar-refractivity contribution in [3.05, 3.63) is 81.4 Å². The quantitative estimate of drug-likeness (QED) is 0.354. The number of aromatic hydroxyl groups is 2. The van der Waals surface area contributed by atoms with Crippen molar-refractivity contribution in [2.75, 3.05) is 7.11 Å². The molecule has 8 heteroatoms. The number of phenols is 2. The average molecular weight is 455 g/mol. The molecule has 0 aliphatic heterocycles. The van der Waals surface area contributed by atoms with Gasteiger partial charge in [-0.05, 0) is 73.0 Å². The Morgan fingerprint density at radius 2 is 1.81 bits per heavy atom. The van der Waals surface area contributed by atoms with Crippen molar-refractivity contribution in [2.24, 2.45) is 5.10 Å². The summed E-state index contributed by atoms with van der Waals surface area (Å²) in [6.07, 6.45) is 1.47. The highest BCUT2D eigenvalue weighted by molar-refractivity contribution is 6.32. The number of carbonyl (C=O) groups is 1. The largest absolute Gasteiger partial charge is 0.508 e. The van der Waals surface area contributed by atoms with Crippen molar-refractivity contribution in [2.45, 2.75) is 20.5 Å². The summed E-state index contributed by atoms with van der Waals surface area (Å²) in [6, 6.07) is 12.8. The Hall–Kier alpha value is -3.71. The van der Waals surface area contributed by atoms with Crippen LogP contribution in [-0.4, -0.2) is 29.4 Å². The van der Waals surface area contributed by atoms with Crippen LogP contribution in [0.25, 0.3) is 0 Å². The maximum atomic E-state index is 12.2. The van der Waals surface area contributed by atoms with Gasteiger partial charge in [-0.25, -0.2) is 5.43 Å².